The van der Waals surface area contributed by atoms with Gasteiger partial charge < -0.3 is 10.8 Å². The number of hydrogen-bond acceptors (Lipinski definition) is 3. The molecule has 3 heteroatoms. The Labute approximate surface area is 85.0 Å². The maximum absolute atomic E-state index is 9.92. The van der Waals surface area contributed by atoms with Crippen LogP contribution in [0.4, 0.5) is 0 Å². The van der Waals surface area contributed by atoms with Crippen molar-refractivity contribution in [1.29, 1.82) is 0 Å². The fourth-order valence-corrected chi connectivity index (χ4v) is 1.33. The zero-order valence-corrected chi connectivity index (χ0v) is 8.94. The van der Waals surface area contributed by atoms with E-state index in [-0.39, 0.29) is 12.0 Å². The van der Waals surface area contributed by atoms with Gasteiger partial charge in [0.25, 0.3) is 0 Å². The van der Waals surface area contributed by atoms with Crippen molar-refractivity contribution in [3.63, 3.8) is 0 Å². The Morgan fingerprint density at radius 2 is 2.00 bits per heavy atom. The summed E-state index contributed by atoms with van der Waals surface area (Å²) in [6, 6.07) is 1.68. The molecular formula is C11H18N2O. The van der Waals surface area contributed by atoms with Gasteiger partial charge in [0.05, 0.1) is 6.10 Å². The first-order chi connectivity index (χ1) is 6.52. The monoisotopic (exact) mass is 194 g/mol. The second kappa shape index (κ2) is 4.53. The van der Waals surface area contributed by atoms with Crippen LogP contribution in [0.25, 0.3) is 0 Å². The minimum absolute atomic E-state index is 0.237. The van der Waals surface area contributed by atoms with Gasteiger partial charge >= 0.3 is 0 Å². The zero-order valence-electron chi connectivity index (χ0n) is 8.94. The molecule has 1 aromatic rings. The first kappa shape index (κ1) is 11.1. The van der Waals surface area contributed by atoms with Crippen LogP contribution >= 0.6 is 0 Å². The molecule has 0 spiro atoms. The van der Waals surface area contributed by atoms with Crippen molar-refractivity contribution < 1.29 is 5.11 Å². The Balaban J connectivity index is 2.83. The van der Waals surface area contributed by atoms with Crippen molar-refractivity contribution in [2.75, 3.05) is 0 Å². The summed E-state index contributed by atoms with van der Waals surface area (Å²) >= 11 is 0. The Morgan fingerprint density at radius 1 is 1.36 bits per heavy atom. The van der Waals surface area contributed by atoms with Gasteiger partial charge in [-0.1, -0.05) is 19.9 Å². The van der Waals surface area contributed by atoms with E-state index in [2.05, 4.69) is 4.98 Å². The van der Waals surface area contributed by atoms with Crippen LogP contribution in [0, 0.1) is 12.8 Å². The Kier molecular flexibility index (Phi) is 3.61. The first-order valence-corrected chi connectivity index (χ1v) is 4.87. The Bertz CT molecular complexity index is 299. The van der Waals surface area contributed by atoms with Gasteiger partial charge in [0, 0.05) is 24.0 Å². The third kappa shape index (κ3) is 2.53. The molecule has 3 nitrogen and oxygen atoms in total. The van der Waals surface area contributed by atoms with E-state index in [1.54, 1.807) is 12.4 Å². The maximum atomic E-state index is 9.92. The second-order valence-corrected chi connectivity index (χ2v) is 4.06. The van der Waals surface area contributed by atoms with Crippen molar-refractivity contribution in [2.45, 2.75) is 32.9 Å². The standard InChI is InChI=1S/C11H18N2O/c1-7(2)10(12)11(14)9-4-8(3)5-13-6-9/h4-7,10-11,14H,12H2,1-3H3/t10-,11-/m1/s1. The van der Waals surface area contributed by atoms with Crippen molar-refractivity contribution in [1.82, 2.24) is 4.98 Å². The number of nitrogens with two attached hydrogens (primary N) is 1. The van der Waals surface area contributed by atoms with Gasteiger partial charge in [0.2, 0.25) is 0 Å². The fraction of sp³-hybridized carbons (Fsp3) is 0.545. The molecule has 2 atom stereocenters. The Hall–Kier alpha value is -0.930. The molecule has 1 heterocycles. The lowest BCUT2D eigenvalue weighted by Gasteiger charge is -2.22. The lowest BCUT2D eigenvalue weighted by Crippen LogP contribution is -2.33. The SMILES string of the molecule is Cc1cncc([C@@H](O)[C@H](N)C(C)C)c1. The number of aliphatic hydroxyl groups excluding tert-OH is 1. The van der Waals surface area contributed by atoms with Crippen molar-refractivity contribution in [3.8, 4) is 0 Å². The lowest BCUT2D eigenvalue weighted by molar-refractivity contribution is 0.125. The molecule has 0 aliphatic heterocycles. The predicted molar refractivity (Wildman–Crippen MR) is 56.7 cm³/mol. The molecule has 14 heavy (non-hydrogen) atoms. The van der Waals surface area contributed by atoms with Gasteiger partial charge in [-0.15, -0.1) is 0 Å². The average Bonchev–Trinajstić information content (AvgIpc) is 2.15. The lowest BCUT2D eigenvalue weighted by atomic mass is 9.95. The van der Waals surface area contributed by atoms with E-state index in [0.717, 1.165) is 11.1 Å². The molecule has 1 aromatic heterocycles. The highest BCUT2D eigenvalue weighted by Crippen LogP contribution is 2.19. The molecular weight excluding hydrogens is 176 g/mol. The van der Waals surface area contributed by atoms with Crippen molar-refractivity contribution in [3.05, 3.63) is 29.6 Å². The molecule has 0 amide bonds. The molecule has 0 saturated carbocycles. The molecule has 0 unspecified atom stereocenters. The maximum Gasteiger partial charge on any atom is 0.0958 e. The summed E-state index contributed by atoms with van der Waals surface area (Å²) in [5.41, 5.74) is 7.70. The number of hydrogen-bond donors (Lipinski definition) is 2. The molecule has 3 N–H and O–H groups in total. The van der Waals surface area contributed by atoms with E-state index in [9.17, 15) is 5.11 Å². The molecule has 0 bridgehead atoms. The molecule has 0 saturated heterocycles. The van der Waals surface area contributed by atoms with Crippen LogP contribution in [-0.4, -0.2) is 16.1 Å². The summed E-state index contributed by atoms with van der Waals surface area (Å²) < 4.78 is 0. The fourth-order valence-electron chi connectivity index (χ4n) is 1.33. The number of rotatable bonds is 3. The Morgan fingerprint density at radius 3 is 2.50 bits per heavy atom. The smallest absolute Gasteiger partial charge is 0.0958 e. The molecule has 0 aromatic carbocycles. The van der Waals surface area contributed by atoms with E-state index in [4.69, 9.17) is 5.73 Å². The van der Waals surface area contributed by atoms with Crippen LogP contribution in [0.5, 0.6) is 0 Å². The van der Waals surface area contributed by atoms with E-state index in [0.29, 0.717) is 0 Å². The summed E-state index contributed by atoms with van der Waals surface area (Å²) in [6.45, 7) is 5.94. The number of aliphatic hydroxyl groups is 1. The second-order valence-electron chi connectivity index (χ2n) is 4.06. The molecule has 0 aliphatic carbocycles. The molecule has 0 aliphatic rings. The minimum Gasteiger partial charge on any atom is -0.387 e. The largest absolute Gasteiger partial charge is 0.387 e. The van der Waals surface area contributed by atoms with Gasteiger partial charge in [-0.05, 0) is 18.4 Å². The van der Waals surface area contributed by atoms with E-state index in [1.165, 1.54) is 0 Å². The molecule has 1 rings (SSSR count). The summed E-state index contributed by atoms with van der Waals surface area (Å²) in [4.78, 5) is 4.03. The van der Waals surface area contributed by atoms with Gasteiger partial charge in [-0.2, -0.15) is 0 Å². The van der Waals surface area contributed by atoms with E-state index < -0.39 is 6.10 Å². The highest BCUT2D eigenvalue weighted by Gasteiger charge is 2.19. The summed E-state index contributed by atoms with van der Waals surface area (Å²) in [5, 5.41) is 9.92. The van der Waals surface area contributed by atoms with Crippen LogP contribution < -0.4 is 5.73 Å². The summed E-state index contributed by atoms with van der Waals surface area (Å²) in [5.74, 6) is 0.255. The van der Waals surface area contributed by atoms with Gasteiger partial charge in [-0.25, -0.2) is 0 Å². The summed E-state index contributed by atoms with van der Waals surface area (Å²) in [6.07, 6.45) is 2.80. The quantitative estimate of drug-likeness (QED) is 0.764. The van der Waals surface area contributed by atoms with Crippen molar-refractivity contribution in [2.24, 2.45) is 11.7 Å². The average molecular weight is 194 g/mol. The molecule has 78 valence electrons. The minimum atomic E-state index is -0.623. The van der Waals surface area contributed by atoms with Crippen molar-refractivity contribution >= 4 is 0 Å². The van der Waals surface area contributed by atoms with Crippen LogP contribution in [-0.2, 0) is 0 Å². The van der Waals surface area contributed by atoms with Gasteiger partial charge in [0.1, 0.15) is 0 Å². The van der Waals surface area contributed by atoms with Crippen LogP contribution in [0.3, 0.4) is 0 Å². The normalized spacial score (nSPS) is 15.6. The highest BCUT2D eigenvalue weighted by molar-refractivity contribution is 5.20. The number of aromatic nitrogens is 1. The predicted octanol–water partition coefficient (Wildman–Crippen LogP) is 1.41. The number of nitrogens with zero attached hydrogens (tertiary/aromatic N) is 1. The third-order valence-corrected chi connectivity index (χ3v) is 2.37. The highest BCUT2D eigenvalue weighted by atomic mass is 16.3. The molecule has 0 fully saturated rings. The van der Waals surface area contributed by atoms with E-state index >= 15 is 0 Å². The first-order valence-electron chi connectivity index (χ1n) is 4.87. The summed E-state index contributed by atoms with van der Waals surface area (Å²) in [7, 11) is 0. The van der Waals surface area contributed by atoms with Crippen LogP contribution in [0.2, 0.25) is 0 Å². The number of aryl methyl sites for hydroxylation is 1. The van der Waals surface area contributed by atoms with Gasteiger partial charge in [0.15, 0.2) is 0 Å². The third-order valence-electron chi connectivity index (χ3n) is 2.37. The zero-order chi connectivity index (χ0) is 10.7. The number of pyridine rings is 1. The van der Waals surface area contributed by atoms with Gasteiger partial charge in [-0.3, -0.25) is 4.98 Å². The van der Waals surface area contributed by atoms with Crippen LogP contribution in [0.15, 0.2) is 18.5 Å². The van der Waals surface area contributed by atoms with Crippen LogP contribution in [0.1, 0.15) is 31.1 Å². The van der Waals surface area contributed by atoms with E-state index in [1.807, 2.05) is 26.8 Å². The topological polar surface area (TPSA) is 59.1 Å². The molecule has 0 radical (unpaired) electrons.